The molecule has 0 spiro atoms. The van der Waals surface area contributed by atoms with E-state index >= 15 is 0 Å². The van der Waals surface area contributed by atoms with Gasteiger partial charge in [-0.15, -0.1) is 0 Å². The Morgan fingerprint density at radius 1 is 1.50 bits per heavy atom. The molecule has 0 aromatic heterocycles. The Kier molecular flexibility index (Phi) is 4.29. The molecule has 0 radical (unpaired) electrons. The maximum atomic E-state index is 11.2. The van der Waals surface area contributed by atoms with Gasteiger partial charge in [-0.3, -0.25) is 4.79 Å². The van der Waals surface area contributed by atoms with Crippen LogP contribution in [0.25, 0.3) is 0 Å². The molecule has 20 heavy (non-hydrogen) atoms. The first-order valence-corrected chi connectivity index (χ1v) is 7.73. The SMILES string of the molecule is CC(=O)OC[C@@]12CO[C@@H](C(C)C)[C@@H](C(C)=C[C@@H]1C)[C@H]2C. The standard InChI is InChI=1S/C17H28O3/c1-10(2)16-15-11(3)7-12(4)17(9-20-16,13(15)5)8-19-14(6)18/h7,10,12-13,15-16H,8-9H2,1-6H3/t12-,13+,15-,16-,17+/m0/s1. The predicted octanol–water partition coefficient (Wildman–Crippen LogP) is 3.44. The fourth-order valence-corrected chi connectivity index (χ4v) is 4.15. The number of ether oxygens (including phenoxy) is 2. The van der Waals surface area contributed by atoms with Gasteiger partial charge in [0.15, 0.2) is 0 Å². The average molecular weight is 280 g/mol. The van der Waals surface area contributed by atoms with Gasteiger partial charge >= 0.3 is 5.97 Å². The van der Waals surface area contributed by atoms with E-state index in [1.165, 1.54) is 12.5 Å². The molecule has 0 aromatic carbocycles. The number of rotatable bonds is 3. The van der Waals surface area contributed by atoms with E-state index in [0.717, 1.165) is 0 Å². The van der Waals surface area contributed by atoms with E-state index in [4.69, 9.17) is 9.47 Å². The van der Waals surface area contributed by atoms with Gasteiger partial charge in [0.25, 0.3) is 0 Å². The number of hydrogen-bond donors (Lipinski definition) is 0. The maximum absolute atomic E-state index is 11.2. The van der Waals surface area contributed by atoms with E-state index in [0.29, 0.717) is 36.9 Å². The molecule has 1 heterocycles. The normalized spacial score (nSPS) is 40.5. The molecule has 0 amide bonds. The van der Waals surface area contributed by atoms with Gasteiger partial charge < -0.3 is 9.47 Å². The molecular weight excluding hydrogens is 252 g/mol. The van der Waals surface area contributed by atoms with Gasteiger partial charge in [-0.2, -0.15) is 0 Å². The predicted molar refractivity (Wildman–Crippen MR) is 79.2 cm³/mol. The lowest BCUT2D eigenvalue weighted by atomic mass is 9.55. The van der Waals surface area contributed by atoms with E-state index < -0.39 is 0 Å². The highest BCUT2D eigenvalue weighted by molar-refractivity contribution is 5.65. The summed E-state index contributed by atoms with van der Waals surface area (Å²) >= 11 is 0. The summed E-state index contributed by atoms with van der Waals surface area (Å²) in [6.45, 7) is 13.8. The van der Waals surface area contributed by atoms with Gasteiger partial charge in [-0.25, -0.2) is 0 Å². The number of hydrogen-bond acceptors (Lipinski definition) is 3. The molecule has 2 rings (SSSR count). The summed E-state index contributed by atoms with van der Waals surface area (Å²) in [7, 11) is 0. The monoisotopic (exact) mass is 280 g/mol. The molecule has 2 aliphatic rings. The molecule has 0 unspecified atom stereocenters. The Labute approximate surface area is 122 Å². The van der Waals surface area contributed by atoms with Gasteiger partial charge in [0.1, 0.15) is 0 Å². The summed E-state index contributed by atoms with van der Waals surface area (Å²) in [5.41, 5.74) is 1.36. The minimum absolute atomic E-state index is 0.0682. The van der Waals surface area contributed by atoms with Crippen LogP contribution in [0.4, 0.5) is 0 Å². The average Bonchev–Trinajstić information content (AvgIpc) is 2.34. The Morgan fingerprint density at radius 3 is 2.70 bits per heavy atom. The van der Waals surface area contributed by atoms with Crippen molar-refractivity contribution in [3.8, 4) is 0 Å². The van der Waals surface area contributed by atoms with Crippen molar-refractivity contribution in [2.75, 3.05) is 13.2 Å². The van der Waals surface area contributed by atoms with Crippen LogP contribution in [0.2, 0.25) is 0 Å². The Bertz CT molecular complexity index is 412. The third-order valence-corrected chi connectivity index (χ3v) is 5.49. The Hall–Kier alpha value is -0.830. The fourth-order valence-electron chi connectivity index (χ4n) is 4.15. The van der Waals surface area contributed by atoms with Gasteiger partial charge in [0.05, 0.1) is 19.3 Å². The molecule has 5 atom stereocenters. The summed E-state index contributed by atoms with van der Waals surface area (Å²) in [4.78, 5) is 11.2. The highest BCUT2D eigenvalue weighted by Crippen LogP contribution is 2.53. The van der Waals surface area contributed by atoms with E-state index in [2.05, 4.69) is 40.7 Å². The summed E-state index contributed by atoms with van der Waals surface area (Å²) in [5, 5.41) is 0. The van der Waals surface area contributed by atoms with Crippen LogP contribution in [0, 0.1) is 29.1 Å². The number of allylic oxidation sites excluding steroid dienone is 1. The molecule has 114 valence electrons. The van der Waals surface area contributed by atoms with Gasteiger partial charge in [0.2, 0.25) is 0 Å². The number of fused-ring (bicyclic) bond motifs is 2. The van der Waals surface area contributed by atoms with E-state index in [1.807, 2.05) is 0 Å². The molecule has 2 bridgehead atoms. The van der Waals surface area contributed by atoms with Crippen molar-refractivity contribution >= 4 is 5.97 Å². The second kappa shape index (κ2) is 5.51. The summed E-state index contributed by atoms with van der Waals surface area (Å²) in [6.07, 6.45) is 2.64. The van der Waals surface area contributed by atoms with Gasteiger partial charge in [-0.1, -0.05) is 39.3 Å². The second-order valence-electron chi connectivity index (χ2n) is 7.05. The second-order valence-corrected chi connectivity index (χ2v) is 7.05. The minimum atomic E-state index is -0.201. The largest absolute Gasteiger partial charge is 0.465 e. The maximum Gasteiger partial charge on any atom is 0.302 e. The zero-order valence-corrected chi connectivity index (χ0v) is 13.6. The summed E-state index contributed by atoms with van der Waals surface area (Å²) in [5.74, 6) is 1.60. The zero-order chi connectivity index (χ0) is 15.1. The first-order valence-electron chi connectivity index (χ1n) is 7.73. The van der Waals surface area contributed by atoms with E-state index in [9.17, 15) is 4.79 Å². The lowest BCUT2D eigenvalue weighted by molar-refractivity contribution is -0.186. The number of carbonyl (C=O) groups is 1. The van der Waals surface area contributed by atoms with Crippen LogP contribution in [0.15, 0.2) is 11.6 Å². The minimum Gasteiger partial charge on any atom is -0.465 e. The zero-order valence-electron chi connectivity index (χ0n) is 13.6. The molecular formula is C17H28O3. The van der Waals surface area contributed by atoms with Crippen LogP contribution < -0.4 is 0 Å². The quantitative estimate of drug-likeness (QED) is 0.587. The van der Waals surface area contributed by atoms with Crippen molar-refractivity contribution < 1.29 is 14.3 Å². The molecule has 0 N–H and O–H groups in total. The number of esters is 1. The van der Waals surface area contributed by atoms with Gasteiger partial charge in [-0.05, 0) is 24.7 Å². The summed E-state index contributed by atoms with van der Waals surface area (Å²) in [6, 6.07) is 0. The molecule has 1 saturated heterocycles. The van der Waals surface area contributed by atoms with Crippen LogP contribution in [-0.2, 0) is 14.3 Å². The van der Waals surface area contributed by atoms with Crippen molar-refractivity contribution in [3.63, 3.8) is 0 Å². The molecule has 1 aliphatic heterocycles. The van der Waals surface area contributed by atoms with Crippen molar-refractivity contribution in [2.24, 2.45) is 29.1 Å². The van der Waals surface area contributed by atoms with Crippen molar-refractivity contribution in [2.45, 2.75) is 47.6 Å². The fraction of sp³-hybridized carbons (Fsp3) is 0.824. The summed E-state index contributed by atoms with van der Waals surface area (Å²) < 4.78 is 11.6. The van der Waals surface area contributed by atoms with Crippen LogP contribution in [-0.4, -0.2) is 25.3 Å². The Morgan fingerprint density at radius 2 is 2.15 bits per heavy atom. The lowest BCUT2D eigenvalue weighted by Crippen LogP contribution is -2.57. The van der Waals surface area contributed by atoms with Crippen LogP contribution in [0.3, 0.4) is 0 Å². The topological polar surface area (TPSA) is 35.5 Å². The van der Waals surface area contributed by atoms with E-state index in [1.54, 1.807) is 0 Å². The number of carbonyl (C=O) groups excluding carboxylic acids is 1. The lowest BCUT2D eigenvalue weighted by Gasteiger charge is -2.56. The van der Waals surface area contributed by atoms with Crippen molar-refractivity contribution in [1.29, 1.82) is 0 Å². The van der Waals surface area contributed by atoms with Gasteiger partial charge in [0, 0.05) is 18.3 Å². The molecule has 0 aromatic rings. The highest BCUT2D eigenvalue weighted by atomic mass is 16.5. The smallest absolute Gasteiger partial charge is 0.302 e. The first-order chi connectivity index (χ1) is 9.29. The van der Waals surface area contributed by atoms with Crippen molar-refractivity contribution in [1.82, 2.24) is 0 Å². The molecule has 1 aliphatic carbocycles. The highest BCUT2D eigenvalue weighted by Gasteiger charge is 2.54. The molecule has 3 nitrogen and oxygen atoms in total. The molecule has 3 heteroatoms. The Balaban J connectivity index is 2.33. The van der Waals surface area contributed by atoms with Crippen LogP contribution in [0.5, 0.6) is 0 Å². The van der Waals surface area contributed by atoms with Crippen molar-refractivity contribution in [3.05, 3.63) is 11.6 Å². The van der Waals surface area contributed by atoms with Crippen LogP contribution in [0.1, 0.15) is 41.5 Å². The first kappa shape index (κ1) is 15.6. The van der Waals surface area contributed by atoms with Crippen LogP contribution >= 0.6 is 0 Å². The third-order valence-electron chi connectivity index (χ3n) is 5.49. The third kappa shape index (κ3) is 2.41. The van der Waals surface area contributed by atoms with E-state index in [-0.39, 0.29) is 17.5 Å². The molecule has 1 fully saturated rings. The molecule has 0 saturated carbocycles.